The summed E-state index contributed by atoms with van der Waals surface area (Å²) < 4.78 is 27.6. The average Bonchev–Trinajstić information content (AvgIpc) is 2.95. The van der Waals surface area contributed by atoms with E-state index in [0.717, 1.165) is 5.82 Å². The summed E-state index contributed by atoms with van der Waals surface area (Å²) in [6.45, 7) is 0.373. The van der Waals surface area contributed by atoms with E-state index in [1.54, 1.807) is 19.4 Å². The fourth-order valence-corrected chi connectivity index (χ4v) is 2.57. The molecule has 0 amide bonds. The third-order valence-electron chi connectivity index (χ3n) is 2.43. The number of rotatable bonds is 6. The summed E-state index contributed by atoms with van der Waals surface area (Å²) in [6, 6.07) is 0. The van der Waals surface area contributed by atoms with Gasteiger partial charge in [0, 0.05) is 38.6 Å². The lowest BCUT2D eigenvalue weighted by molar-refractivity contribution is 0.578. The van der Waals surface area contributed by atoms with Crippen molar-refractivity contribution in [1.82, 2.24) is 24.5 Å². The summed E-state index contributed by atoms with van der Waals surface area (Å²) in [5.74, 6) is 0.857. The second-order valence-electron chi connectivity index (χ2n) is 3.89. The lowest BCUT2D eigenvalue weighted by atomic mass is 10.3. The number of aromatic nitrogens is 4. The van der Waals surface area contributed by atoms with E-state index in [-0.39, 0.29) is 4.90 Å². The Morgan fingerprint density at radius 1 is 1.50 bits per heavy atom. The van der Waals surface area contributed by atoms with Crippen molar-refractivity contribution in [2.45, 2.75) is 17.7 Å². The molecule has 0 aromatic carbocycles. The quantitative estimate of drug-likeness (QED) is 0.725. The van der Waals surface area contributed by atoms with Crippen molar-refractivity contribution >= 4 is 10.0 Å². The molecule has 0 saturated carbocycles. The highest BCUT2D eigenvalue weighted by Gasteiger charge is 2.14. The van der Waals surface area contributed by atoms with Gasteiger partial charge in [0.25, 0.3) is 0 Å². The topological polar surface area (TPSA) is 92.7 Å². The summed E-state index contributed by atoms with van der Waals surface area (Å²) in [4.78, 5) is 7.22. The monoisotopic (exact) mass is 269 g/mol. The summed E-state index contributed by atoms with van der Waals surface area (Å²) >= 11 is 0. The molecule has 0 aliphatic carbocycles. The van der Waals surface area contributed by atoms with Crippen molar-refractivity contribution < 1.29 is 8.42 Å². The van der Waals surface area contributed by atoms with Crippen LogP contribution in [0.5, 0.6) is 0 Å². The van der Waals surface area contributed by atoms with Crippen LogP contribution >= 0.6 is 0 Å². The van der Waals surface area contributed by atoms with Crippen LogP contribution in [0, 0.1) is 0 Å². The Morgan fingerprint density at radius 3 is 2.94 bits per heavy atom. The molecule has 18 heavy (non-hydrogen) atoms. The van der Waals surface area contributed by atoms with Crippen molar-refractivity contribution in [3.8, 4) is 0 Å². The van der Waals surface area contributed by atoms with E-state index in [9.17, 15) is 8.42 Å². The Bertz CT molecular complexity index is 588. The summed E-state index contributed by atoms with van der Waals surface area (Å²) in [5.41, 5.74) is 0. The number of hydrogen-bond donors (Lipinski definition) is 2. The van der Waals surface area contributed by atoms with Gasteiger partial charge in [-0.1, -0.05) is 0 Å². The van der Waals surface area contributed by atoms with Crippen molar-refractivity contribution in [1.29, 1.82) is 0 Å². The molecule has 2 aromatic heterocycles. The molecule has 2 aromatic rings. The Morgan fingerprint density at radius 2 is 2.33 bits per heavy atom. The Balaban J connectivity index is 1.82. The zero-order valence-electron chi connectivity index (χ0n) is 10.00. The molecule has 0 fully saturated rings. The third-order valence-corrected chi connectivity index (χ3v) is 3.84. The summed E-state index contributed by atoms with van der Waals surface area (Å²) in [7, 11) is -1.77. The molecule has 0 aliphatic rings. The maximum Gasteiger partial charge on any atom is 0.243 e. The average molecular weight is 269 g/mol. The van der Waals surface area contributed by atoms with Crippen molar-refractivity contribution in [2.24, 2.45) is 7.05 Å². The molecule has 7 nitrogen and oxygen atoms in total. The maximum atomic E-state index is 11.8. The van der Waals surface area contributed by atoms with Crippen molar-refractivity contribution in [2.75, 3.05) is 6.54 Å². The number of H-pyrrole nitrogens is 1. The fraction of sp³-hybridized carbons (Fsp3) is 0.400. The minimum Gasteiger partial charge on any atom is -0.349 e. The van der Waals surface area contributed by atoms with Gasteiger partial charge < -0.3 is 4.98 Å². The highest BCUT2D eigenvalue weighted by Crippen LogP contribution is 2.05. The van der Waals surface area contributed by atoms with Crippen LogP contribution in [0.4, 0.5) is 0 Å². The number of sulfonamides is 1. The van der Waals surface area contributed by atoms with Crippen LogP contribution in [0.25, 0.3) is 0 Å². The molecule has 2 N–H and O–H groups in total. The van der Waals surface area contributed by atoms with Crippen molar-refractivity contribution in [3.63, 3.8) is 0 Å². The van der Waals surface area contributed by atoms with Crippen LogP contribution in [0.1, 0.15) is 12.2 Å². The molecule has 0 aliphatic heterocycles. The van der Waals surface area contributed by atoms with Gasteiger partial charge in [-0.2, -0.15) is 5.10 Å². The Kier molecular flexibility index (Phi) is 3.78. The molecule has 2 rings (SSSR count). The Hall–Kier alpha value is -1.67. The highest BCUT2D eigenvalue weighted by molar-refractivity contribution is 7.89. The summed E-state index contributed by atoms with van der Waals surface area (Å²) in [6.07, 6.45) is 7.61. The molecule has 2 heterocycles. The number of hydrogen-bond acceptors (Lipinski definition) is 4. The van der Waals surface area contributed by atoms with E-state index in [0.29, 0.717) is 19.4 Å². The lowest BCUT2D eigenvalue weighted by Crippen LogP contribution is -2.24. The maximum absolute atomic E-state index is 11.8. The number of aromatic amines is 1. The first-order valence-corrected chi connectivity index (χ1v) is 7.03. The molecule has 0 unspecified atom stereocenters. The van der Waals surface area contributed by atoms with Gasteiger partial charge in [-0.25, -0.2) is 18.1 Å². The fourth-order valence-electron chi connectivity index (χ4n) is 1.52. The van der Waals surface area contributed by atoms with Crippen LogP contribution in [0.3, 0.4) is 0 Å². The third kappa shape index (κ3) is 3.17. The zero-order valence-corrected chi connectivity index (χ0v) is 10.8. The second kappa shape index (κ2) is 5.32. The molecule has 98 valence electrons. The van der Waals surface area contributed by atoms with Gasteiger partial charge in [0.15, 0.2) is 0 Å². The van der Waals surface area contributed by atoms with Crippen LogP contribution < -0.4 is 4.72 Å². The molecule has 0 radical (unpaired) electrons. The van der Waals surface area contributed by atoms with Crippen LogP contribution in [-0.2, 0) is 23.5 Å². The number of nitrogens with one attached hydrogen (secondary N) is 2. The van der Waals surface area contributed by atoms with Gasteiger partial charge in [0.05, 0.1) is 6.20 Å². The van der Waals surface area contributed by atoms with Gasteiger partial charge >= 0.3 is 0 Å². The Labute approximate surface area is 105 Å². The zero-order chi connectivity index (χ0) is 13.0. The van der Waals surface area contributed by atoms with Crippen LogP contribution in [0.2, 0.25) is 0 Å². The van der Waals surface area contributed by atoms with Gasteiger partial charge in [-0.15, -0.1) is 0 Å². The minimum atomic E-state index is -3.44. The van der Waals surface area contributed by atoms with Gasteiger partial charge in [0.1, 0.15) is 10.7 Å². The molecule has 8 heteroatoms. The molecule has 0 bridgehead atoms. The van der Waals surface area contributed by atoms with E-state index < -0.39 is 10.0 Å². The number of imidazole rings is 1. The van der Waals surface area contributed by atoms with Crippen LogP contribution in [0.15, 0.2) is 29.7 Å². The van der Waals surface area contributed by atoms with Gasteiger partial charge in [-0.3, -0.25) is 4.68 Å². The van der Waals surface area contributed by atoms with E-state index in [1.165, 1.54) is 17.1 Å². The molecule has 0 spiro atoms. The van der Waals surface area contributed by atoms with Gasteiger partial charge in [-0.05, 0) is 6.42 Å². The standard InChI is InChI=1S/C10H15N5O2S/c1-15-8-9(7-13-15)18(16,17)14-4-2-3-10-11-5-6-12-10/h5-8,14H,2-4H2,1H3,(H,11,12). The molecular weight excluding hydrogens is 254 g/mol. The van der Waals surface area contributed by atoms with Crippen LogP contribution in [-0.4, -0.2) is 34.7 Å². The lowest BCUT2D eigenvalue weighted by Gasteiger charge is -2.03. The first-order chi connectivity index (χ1) is 8.58. The predicted octanol–water partition coefficient (Wildman–Crippen LogP) is 0.0543. The smallest absolute Gasteiger partial charge is 0.243 e. The largest absolute Gasteiger partial charge is 0.349 e. The van der Waals surface area contributed by atoms with E-state index in [1.807, 2.05) is 0 Å². The van der Waals surface area contributed by atoms with E-state index in [4.69, 9.17) is 0 Å². The molecule has 0 atom stereocenters. The first-order valence-electron chi connectivity index (χ1n) is 5.54. The first kappa shape index (κ1) is 12.8. The SMILES string of the molecule is Cn1cc(S(=O)(=O)NCCCc2ncc[nH]2)cn1. The second-order valence-corrected chi connectivity index (χ2v) is 5.65. The highest BCUT2D eigenvalue weighted by atomic mass is 32.2. The molecule has 0 saturated heterocycles. The number of aryl methyl sites for hydroxylation is 2. The predicted molar refractivity (Wildman–Crippen MR) is 65.3 cm³/mol. The normalized spacial score (nSPS) is 11.8. The van der Waals surface area contributed by atoms with Crippen molar-refractivity contribution in [3.05, 3.63) is 30.6 Å². The van der Waals surface area contributed by atoms with E-state index >= 15 is 0 Å². The number of nitrogens with zero attached hydrogens (tertiary/aromatic N) is 3. The van der Waals surface area contributed by atoms with Gasteiger partial charge in [0.2, 0.25) is 10.0 Å². The minimum absolute atomic E-state index is 0.183. The molecular formula is C10H15N5O2S. The van der Waals surface area contributed by atoms with E-state index in [2.05, 4.69) is 19.8 Å². The summed E-state index contributed by atoms with van der Waals surface area (Å²) in [5, 5.41) is 3.83.